The Hall–Kier alpha value is -1.66. The molecule has 1 N–H and O–H groups in total. The fourth-order valence-electron chi connectivity index (χ4n) is 3.60. The van der Waals surface area contributed by atoms with Gasteiger partial charge in [0.2, 0.25) is 5.91 Å². The van der Waals surface area contributed by atoms with Crippen LogP contribution in [0.1, 0.15) is 19.8 Å². The first-order valence-corrected chi connectivity index (χ1v) is 8.97. The zero-order valence-corrected chi connectivity index (χ0v) is 14.5. The molecule has 0 aliphatic carbocycles. The van der Waals surface area contributed by atoms with E-state index in [2.05, 4.69) is 14.8 Å². The number of aliphatic hydroxyl groups is 1. The highest BCUT2D eigenvalue weighted by atomic mass is 16.3. The van der Waals surface area contributed by atoms with Crippen molar-refractivity contribution in [1.82, 2.24) is 14.8 Å². The van der Waals surface area contributed by atoms with Gasteiger partial charge >= 0.3 is 0 Å². The number of aromatic nitrogens is 1. The summed E-state index contributed by atoms with van der Waals surface area (Å²) >= 11 is 0. The third kappa shape index (κ3) is 4.24. The molecular formula is C18H28N4O2. The smallest absolute Gasteiger partial charge is 0.223 e. The summed E-state index contributed by atoms with van der Waals surface area (Å²) in [6.45, 7) is 7.81. The van der Waals surface area contributed by atoms with Gasteiger partial charge in [-0.05, 0) is 37.9 Å². The Labute approximate surface area is 144 Å². The van der Waals surface area contributed by atoms with E-state index in [9.17, 15) is 9.90 Å². The lowest BCUT2D eigenvalue weighted by molar-refractivity contribution is -0.131. The van der Waals surface area contributed by atoms with Gasteiger partial charge in [0, 0.05) is 51.9 Å². The number of amides is 1. The van der Waals surface area contributed by atoms with E-state index in [-0.39, 0.29) is 12.0 Å². The maximum Gasteiger partial charge on any atom is 0.223 e. The van der Waals surface area contributed by atoms with Gasteiger partial charge in [0.1, 0.15) is 5.82 Å². The average Bonchev–Trinajstić information content (AvgIpc) is 3.10. The molecule has 3 rings (SSSR count). The summed E-state index contributed by atoms with van der Waals surface area (Å²) in [4.78, 5) is 23.3. The minimum atomic E-state index is -0.245. The van der Waals surface area contributed by atoms with E-state index in [0.29, 0.717) is 12.3 Å². The molecule has 1 aromatic rings. The number of carbonyl (C=O) groups is 1. The summed E-state index contributed by atoms with van der Waals surface area (Å²) in [6, 6.07) is 5.93. The number of carbonyl (C=O) groups excluding carboxylic acids is 1. The molecule has 24 heavy (non-hydrogen) atoms. The van der Waals surface area contributed by atoms with E-state index < -0.39 is 0 Å². The van der Waals surface area contributed by atoms with Crippen LogP contribution in [0.25, 0.3) is 0 Å². The van der Waals surface area contributed by atoms with E-state index in [0.717, 1.165) is 58.1 Å². The van der Waals surface area contributed by atoms with E-state index in [4.69, 9.17) is 0 Å². The predicted molar refractivity (Wildman–Crippen MR) is 93.9 cm³/mol. The summed E-state index contributed by atoms with van der Waals surface area (Å²) in [5.41, 5.74) is 0. The van der Waals surface area contributed by atoms with Gasteiger partial charge in [-0.25, -0.2) is 4.98 Å². The zero-order valence-electron chi connectivity index (χ0n) is 14.5. The number of pyridine rings is 1. The molecule has 1 aromatic heterocycles. The lowest BCUT2D eigenvalue weighted by Crippen LogP contribution is -2.49. The molecule has 2 fully saturated rings. The van der Waals surface area contributed by atoms with Crippen molar-refractivity contribution in [1.29, 1.82) is 0 Å². The third-order valence-electron chi connectivity index (χ3n) is 5.24. The van der Waals surface area contributed by atoms with E-state index in [1.54, 1.807) is 0 Å². The molecule has 132 valence electrons. The van der Waals surface area contributed by atoms with Crippen LogP contribution < -0.4 is 4.90 Å². The molecule has 2 unspecified atom stereocenters. The second-order valence-electron chi connectivity index (χ2n) is 6.90. The monoisotopic (exact) mass is 332 g/mol. The van der Waals surface area contributed by atoms with Crippen LogP contribution in [0.4, 0.5) is 5.82 Å². The van der Waals surface area contributed by atoms with Gasteiger partial charge in [-0.2, -0.15) is 0 Å². The van der Waals surface area contributed by atoms with Crippen LogP contribution in [-0.4, -0.2) is 77.7 Å². The second kappa shape index (κ2) is 7.94. The molecule has 0 saturated carbocycles. The topological polar surface area (TPSA) is 59.9 Å². The van der Waals surface area contributed by atoms with Crippen molar-refractivity contribution >= 4 is 11.7 Å². The molecule has 2 saturated heterocycles. The third-order valence-corrected chi connectivity index (χ3v) is 5.24. The highest BCUT2D eigenvalue weighted by molar-refractivity contribution is 5.76. The normalized spacial score (nSPS) is 23.5. The first kappa shape index (κ1) is 17.2. The van der Waals surface area contributed by atoms with Crippen LogP contribution in [0.3, 0.4) is 0 Å². The number of hydrogen-bond donors (Lipinski definition) is 1. The van der Waals surface area contributed by atoms with Crippen LogP contribution in [0, 0.1) is 5.92 Å². The molecule has 1 amide bonds. The van der Waals surface area contributed by atoms with Crippen LogP contribution in [0.2, 0.25) is 0 Å². The van der Waals surface area contributed by atoms with Gasteiger partial charge in [0.25, 0.3) is 0 Å². The van der Waals surface area contributed by atoms with Crippen LogP contribution in [0.5, 0.6) is 0 Å². The number of nitrogens with zero attached hydrogens (tertiary/aromatic N) is 4. The highest BCUT2D eigenvalue weighted by Crippen LogP contribution is 2.20. The number of aliphatic hydroxyl groups excluding tert-OH is 1. The summed E-state index contributed by atoms with van der Waals surface area (Å²) in [6.07, 6.45) is 3.18. The quantitative estimate of drug-likeness (QED) is 0.865. The molecule has 0 radical (unpaired) electrons. The van der Waals surface area contributed by atoms with Crippen LogP contribution >= 0.6 is 0 Å². The first-order chi connectivity index (χ1) is 11.6. The molecule has 3 heterocycles. The molecule has 2 aliphatic rings. The molecule has 6 heteroatoms. The zero-order chi connectivity index (χ0) is 16.9. The lowest BCUT2D eigenvalue weighted by Gasteiger charge is -2.35. The molecule has 0 bridgehead atoms. The molecule has 6 nitrogen and oxygen atoms in total. The van der Waals surface area contributed by atoms with E-state index in [1.165, 1.54) is 0 Å². The minimum absolute atomic E-state index is 0.245. The van der Waals surface area contributed by atoms with Gasteiger partial charge in [0.05, 0.1) is 6.10 Å². The van der Waals surface area contributed by atoms with Gasteiger partial charge < -0.3 is 19.8 Å². The second-order valence-corrected chi connectivity index (χ2v) is 6.90. The number of piperazine rings is 1. The van der Waals surface area contributed by atoms with Crippen molar-refractivity contribution in [3.05, 3.63) is 24.4 Å². The highest BCUT2D eigenvalue weighted by Gasteiger charge is 2.27. The van der Waals surface area contributed by atoms with Crippen LogP contribution in [-0.2, 0) is 4.79 Å². The lowest BCUT2D eigenvalue weighted by atomic mass is 10.0. The molecule has 2 atom stereocenters. The number of hydrogen-bond acceptors (Lipinski definition) is 5. The largest absolute Gasteiger partial charge is 0.393 e. The fourth-order valence-corrected chi connectivity index (χ4v) is 3.60. The summed E-state index contributed by atoms with van der Waals surface area (Å²) < 4.78 is 0. The Kier molecular flexibility index (Phi) is 5.68. The van der Waals surface area contributed by atoms with Gasteiger partial charge in [-0.3, -0.25) is 4.79 Å². The van der Waals surface area contributed by atoms with Crippen molar-refractivity contribution in [2.75, 3.05) is 50.7 Å². The molecular weight excluding hydrogens is 304 g/mol. The Balaban J connectivity index is 1.40. The number of rotatable bonds is 5. The van der Waals surface area contributed by atoms with E-state index >= 15 is 0 Å². The SMILES string of the molecule is CC(O)C1CCN(CCC(=O)N2CCN(c3ccccn3)CC2)C1. The number of anilines is 1. The Morgan fingerprint density at radius 1 is 1.29 bits per heavy atom. The molecule has 0 spiro atoms. The van der Waals surface area contributed by atoms with Gasteiger partial charge in [-0.1, -0.05) is 6.07 Å². The number of likely N-dealkylation sites (tertiary alicyclic amines) is 1. The van der Waals surface area contributed by atoms with E-state index in [1.807, 2.05) is 36.2 Å². The Morgan fingerprint density at radius 3 is 2.71 bits per heavy atom. The Morgan fingerprint density at radius 2 is 2.08 bits per heavy atom. The Bertz CT molecular complexity index is 529. The summed E-state index contributed by atoms with van der Waals surface area (Å²) in [7, 11) is 0. The van der Waals surface area contributed by atoms with Crippen molar-refractivity contribution in [3.63, 3.8) is 0 Å². The van der Waals surface area contributed by atoms with Crippen molar-refractivity contribution in [3.8, 4) is 0 Å². The maximum absolute atomic E-state index is 12.4. The maximum atomic E-state index is 12.4. The van der Waals surface area contributed by atoms with Gasteiger partial charge in [-0.15, -0.1) is 0 Å². The molecule has 2 aliphatic heterocycles. The van der Waals surface area contributed by atoms with Gasteiger partial charge in [0.15, 0.2) is 0 Å². The van der Waals surface area contributed by atoms with Crippen molar-refractivity contribution in [2.45, 2.75) is 25.9 Å². The predicted octanol–water partition coefficient (Wildman–Crippen LogP) is 0.823. The summed E-state index contributed by atoms with van der Waals surface area (Å²) in [5.74, 6) is 1.60. The standard InChI is InChI=1S/C18H28N4O2/c1-15(23)16-5-8-20(14-16)9-6-18(24)22-12-10-21(11-13-22)17-4-2-3-7-19-17/h2-4,7,15-16,23H,5-6,8-14H2,1H3. The summed E-state index contributed by atoms with van der Waals surface area (Å²) in [5, 5.41) is 9.66. The van der Waals surface area contributed by atoms with Crippen molar-refractivity contribution < 1.29 is 9.90 Å². The average molecular weight is 332 g/mol. The fraction of sp³-hybridized carbons (Fsp3) is 0.667. The van der Waals surface area contributed by atoms with Crippen LogP contribution in [0.15, 0.2) is 24.4 Å². The van der Waals surface area contributed by atoms with Crippen molar-refractivity contribution in [2.24, 2.45) is 5.92 Å². The first-order valence-electron chi connectivity index (χ1n) is 8.97. The molecule has 0 aromatic carbocycles. The minimum Gasteiger partial charge on any atom is -0.393 e.